The summed E-state index contributed by atoms with van der Waals surface area (Å²) in [5.74, 6) is 0. The van der Waals surface area contributed by atoms with Crippen LogP contribution in [0.1, 0.15) is 0 Å². The van der Waals surface area contributed by atoms with Gasteiger partial charge >= 0.3 is 0 Å². The standard InChI is InChI=1S/C6H8BrN3OS/c1-5(7)3-10-4-8-9-6(10)12(2)11/h4H,1,3H2,2H3. The van der Waals surface area contributed by atoms with Gasteiger partial charge < -0.3 is 4.57 Å². The molecule has 0 saturated heterocycles. The maximum absolute atomic E-state index is 11.1. The highest BCUT2D eigenvalue weighted by atomic mass is 79.9. The zero-order valence-electron chi connectivity index (χ0n) is 6.53. The van der Waals surface area contributed by atoms with Crippen molar-refractivity contribution in [2.75, 3.05) is 6.26 Å². The third-order valence-electron chi connectivity index (χ3n) is 1.18. The van der Waals surface area contributed by atoms with Crippen molar-refractivity contribution in [1.29, 1.82) is 0 Å². The number of halogens is 1. The number of aromatic nitrogens is 3. The molecule has 0 saturated carbocycles. The van der Waals surface area contributed by atoms with E-state index < -0.39 is 10.8 Å². The first kappa shape index (κ1) is 9.60. The van der Waals surface area contributed by atoms with Crippen molar-refractivity contribution in [2.45, 2.75) is 11.7 Å². The molecule has 1 heterocycles. The minimum absolute atomic E-state index is 0.468. The molecule has 6 heteroatoms. The molecule has 0 aliphatic rings. The molecule has 1 aromatic heterocycles. The van der Waals surface area contributed by atoms with Gasteiger partial charge in [-0.1, -0.05) is 22.5 Å². The summed E-state index contributed by atoms with van der Waals surface area (Å²) < 4.78 is 13.5. The van der Waals surface area contributed by atoms with E-state index >= 15 is 0 Å². The summed E-state index contributed by atoms with van der Waals surface area (Å²) in [6.07, 6.45) is 3.10. The fourth-order valence-electron chi connectivity index (χ4n) is 0.760. The lowest BCUT2D eigenvalue weighted by Crippen LogP contribution is -2.03. The zero-order valence-corrected chi connectivity index (χ0v) is 8.93. The van der Waals surface area contributed by atoms with Crippen LogP contribution in [0, 0.1) is 0 Å². The van der Waals surface area contributed by atoms with E-state index in [0.29, 0.717) is 11.7 Å². The molecule has 1 unspecified atom stereocenters. The largest absolute Gasteiger partial charge is 0.302 e. The summed E-state index contributed by atoms with van der Waals surface area (Å²) in [4.78, 5) is 0. The number of allylic oxidation sites excluding steroid dienone is 1. The van der Waals surface area contributed by atoms with Crippen LogP contribution in [0.3, 0.4) is 0 Å². The molecule has 1 atom stereocenters. The van der Waals surface area contributed by atoms with Crippen LogP contribution < -0.4 is 0 Å². The summed E-state index contributed by atoms with van der Waals surface area (Å²) in [5, 5.41) is 7.84. The van der Waals surface area contributed by atoms with Crippen LogP contribution in [0.2, 0.25) is 0 Å². The Hall–Kier alpha value is -0.490. The molecule has 66 valence electrons. The molecule has 0 bridgehead atoms. The lowest BCUT2D eigenvalue weighted by molar-refractivity contribution is 0.656. The Kier molecular flexibility index (Phi) is 3.16. The molecule has 4 nitrogen and oxygen atoms in total. The summed E-state index contributed by atoms with van der Waals surface area (Å²) in [5.41, 5.74) is 0. The molecule has 0 radical (unpaired) electrons. The molecule has 1 aromatic rings. The summed E-state index contributed by atoms with van der Waals surface area (Å²) in [6.45, 7) is 4.22. The highest BCUT2D eigenvalue weighted by molar-refractivity contribution is 9.11. The average Bonchev–Trinajstić information content (AvgIpc) is 2.33. The van der Waals surface area contributed by atoms with E-state index in [1.54, 1.807) is 10.8 Å². The second kappa shape index (κ2) is 3.95. The van der Waals surface area contributed by atoms with Gasteiger partial charge in [0.1, 0.15) is 6.33 Å². The fourth-order valence-corrected chi connectivity index (χ4v) is 1.63. The maximum Gasteiger partial charge on any atom is 0.221 e. The van der Waals surface area contributed by atoms with Crippen LogP contribution in [0.4, 0.5) is 0 Å². The minimum Gasteiger partial charge on any atom is -0.302 e. The van der Waals surface area contributed by atoms with E-state index in [9.17, 15) is 4.21 Å². The topological polar surface area (TPSA) is 47.8 Å². The molecule has 12 heavy (non-hydrogen) atoms. The number of hydrogen-bond acceptors (Lipinski definition) is 3. The van der Waals surface area contributed by atoms with Crippen molar-refractivity contribution in [3.8, 4) is 0 Å². The van der Waals surface area contributed by atoms with Crippen LogP contribution >= 0.6 is 15.9 Å². The maximum atomic E-state index is 11.1. The molecule has 0 spiro atoms. The first-order chi connectivity index (χ1) is 5.61. The van der Waals surface area contributed by atoms with Gasteiger partial charge in [-0.25, -0.2) is 0 Å². The molecular weight excluding hydrogens is 242 g/mol. The normalized spacial score (nSPS) is 12.8. The Morgan fingerprint density at radius 2 is 2.58 bits per heavy atom. The van der Waals surface area contributed by atoms with Gasteiger partial charge in [0.15, 0.2) is 0 Å². The van der Waals surface area contributed by atoms with Crippen LogP contribution in [0.25, 0.3) is 0 Å². The molecule has 0 N–H and O–H groups in total. The minimum atomic E-state index is -1.10. The van der Waals surface area contributed by atoms with Crippen molar-refractivity contribution in [3.05, 3.63) is 17.4 Å². The number of hydrogen-bond donors (Lipinski definition) is 0. The first-order valence-electron chi connectivity index (χ1n) is 3.15. The molecular formula is C6H8BrN3OS. The lowest BCUT2D eigenvalue weighted by Gasteiger charge is -2.01. The van der Waals surface area contributed by atoms with Gasteiger partial charge in [-0.2, -0.15) is 0 Å². The first-order valence-corrected chi connectivity index (χ1v) is 5.51. The number of nitrogens with zero attached hydrogens (tertiary/aromatic N) is 3. The van der Waals surface area contributed by atoms with Gasteiger partial charge in [0.05, 0.1) is 17.3 Å². The second-order valence-electron chi connectivity index (χ2n) is 2.21. The van der Waals surface area contributed by atoms with Crippen molar-refractivity contribution in [3.63, 3.8) is 0 Å². The van der Waals surface area contributed by atoms with Gasteiger partial charge in [-0.05, 0) is 0 Å². The van der Waals surface area contributed by atoms with Crippen LogP contribution in [0.5, 0.6) is 0 Å². The van der Waals surface area contributed by atoms with Crippen molar-refractivity contribution in [2.24, 2.45) is 0 Å². The van der Waals surface area contributed by atoms with Gasteiger partial charge in [-0.3, -0.25) is 4.21 Å². The van der Waals surface area contributed by atoms with Crippen LogP contribution in [-0.2, 0) is 17.3 Å². The zero-order chi connectivity index (χ0) is 9.14. The van der Waals surface area contributed by atoms with Crippen LogP contribution in [-0.4, -0.2) is 25.2 Å². The van der Waals surface area contributed by atoms with Crippen molar-refractivity contribution < 1.29 is 4.21 Å². The molecule has 1 rings (SSSR count). The Labute approximate surface area is 81.3 Å². The number of rotatable bonds is 3. The SMILES string of the molecule is C=C(Br)Cn1cnnc1S(C)=O. The summed E-state index contributed by atoms with van der Waals surface area (Å²) in [6, 6.07) is 0. The van der Waals surface area contributed by atoms with Gasteiger partial charge in [0.2, 0.25) is 5.16 Å². The Morgan fingerprint density at radius 3 is 3.08 bits per heavy atom. The molecule has 0 amide bonds. The van der Waals surface area contributed by atoms with E-state index in [1.807, 2.05) is 0 Å². The van der Waals surface area contributed by atoms with E-state index in [-0.39, 0.29) is 0 Å². The van der Waals surface area contributed by atoms with Crippen molar-refractivity contribution >= 4 is 26.7 Å². The fraction of sp³-hybridized carbons (Fsp3) is 0.333. The smallest absolute Gasteiger partial charge is 0.221 e. The Morgan fingerprint density at radius 1 is 1.92 bits per heavy atom. The van der Waals surface area contributed by atoms with Gasteiger partial charge in [-0.15, -0.1) is 10.2 Å². The monoisotopic (exact) mass is 249 g/mol. The van der Waals surface area contributed by atoms with E-state index in [1.165, 1.54) is 6.33 Å². The third-order valence-corrected chi connectivity index (χ3v) is 2.26. The van der Waals surface area contributed by atoms with Gasteiger partial charge in [0.25, 0.3) is 0 Å². The van der Waals surface area contributed by atoms with Gasteiger partial charge in [0, 0.05) is 10.7 Å². The Balaban J connectivity index is 2.91. The quantitative estimate of drug-likeness (QED) is 0.801. The predicted molar refractivity (Wildman–Crippen MR) is 50.4 cm³/mol. The average molecular weight is 250 g/mol. The molecule has 0 aliphatic carbocycles. The summed E-state index contributed by atoms with van der Waals surface area (Å²) in [7, 11) is -1.10. The molecule has 0 aliphatic heterocycles. The molecule has 0 fully saturated rings. The highest BCUT2D eigenvalue weighted by Crippen LogP contribution is 2.08. The van der Waals surface area contributed by atoms with Crippen LogP contribution in [0.15, 0.2) is 22.5 Å². The van der Waals surface area contributed by atoms with E-state index in [0.717, 1.165) is 4.48 Å². The van der Waals surface area contributed by atoms with Crippen molar-refractivity contribution in [1.82, 2.24) is 14.8 Å². The van der Waals surface area contributed by atoms with E-state index in [4.69, 9.17) is 0 Å². The van der Waals surface area contributed by atoms with E-state index in [2.05, 4.69) is 32.7 Å². The predicted octanol–water partition coefficient (Wildman–Crippen LogP) is 0.924. The highest BCUT2D eigenvalue weighted by Gasteiger charge is 2.07. The second-order valence-corrected chi connectivity index (χ2v) is 4.61. The summed E-state index contributed by atoms with van der Waals surface area (Å²) >= 11 is 3.21. The molecule has 0 aromatic carbocycles. The third kappa shape index (κ3) is 2.25. The lowest BCUT2D eigenvalue weighted by atomic mass is 10.6. The Bertz CT molecular complexity index is 322.